The molecule has 0 aliphatic heterocycles. The van der Waals surface area contributed by atoms with E-state index in [4.69, 9.17) is 15.0 Å². The van der Waals surface area contributed by atoms with Crippen LogP contribution in [0.3, 0.4) is 0 Å². The number of rotatable bonds is 11. The zero-order valence-corrected chi connectivity index (χ0v) is 19.5. The molecule has 9 heteroatoms. The van der Waals surface area contributed by atoms with Gasteiger partial charge in [0.05, 0.1) is 6.61 Å². The Kier molecular flexibility index (Phi) is 8.05. The van der Waals surface area contributed by atoms with E-state index < -0.39 is 18.1 Å². The molecule has 0 saturated carbocycles. The maximum Gasteiger partial charge on any atom is 0.407 e. The molecule has 0 saturated heterocycles. The number of benzene rings is 3. The molecule has 1 amide bonds. The summed E-state index contributed by atoms with van der Waals surface area (Å²) >= 11 is 0. The zero-order chi connectivity index (χ0) is 25.3. The normalized spacial score (nSPS) is 12.6. The first-order valence-electron chi connectivity index (χ1n) is 11.6. The molecule has 4 rings (SSSR count). The van der Waals surface area contributed by atoms with E-state index >= 15 is 0 Å². The van der Waals surface area contributed by atoms with Crippen LogP contribution in [-0.4, -0.2) is 43.0 Å². The third-order valence-corrected chi connectivity index (χ3v) is 6.03. The second-order valence-electron chi connectivity index (χ2n) is 8.37. The zero-order valence-electron chi connectivity index (χ0n) is 19.5. The highest BCUT2D eigenvalue weighted by Gasteiger charge is 2.29. The minimum Gasteiger partial charge on any atom is -0.494 e. The number of aliphatic carboxylic acids is 1. The predicted molar refractivity (Wildman–Crippen MR) is 134 cm³/mol. The van der Waals surface area contributed by atoms with E-state index in [9.17, 15) is 14.7 Å². The molecular formula is C27H26N4O5. The number of nitrogens with zero attached hydrogens (tertiary/aromatic N) is 3. The third kappa shape index (κ3) is 5.95. The van der Waals surface area contributed by atoms with Gasteiger partial charge in [-0.05, 0) is 51.9 Å². The van der Waals surface area contributed by atoms with Crippen molar-refractivity contribution in [2.24, 2.45) is 5.11 Å². The maximum atomic E-state index is 12.5. The van der Waals surface area contributed by atoms with Crippen molar-refractivity contribution in [1.82, 2.24) is 5.32 Å². The van der Waals surface area contributed by atoms with Crippen molar-refractivity contribution < 1.29 is 24.2 Å². The number of hydrogen-bond acceptors (Lipinski definition) is 5. The van der Waals surface area contributed by atoms with E-state index in [1.165, 1.54) is 0 Å². The van der Waals surface area contributed by atoms with E-state index in [1.807, 2.05) is 48.5 Å². The number of carboxylic acids is 1. The molecule has 0 radical (unpaired) electrons. The lowest BCUT2D eigenvalue weighted by Crippen LogP contribution is -2.42. The van der Waals surface area contributed by atoms with Crippen LogP contribution in [0.4, 0.5) is 4.79 Å². The highest BCUT2D eigenvalue weighted by atomic mass is 16.5. The fraction of sp³-hybridized carbons (Fsp3) is 0.259. The Bertz CT molecular complexity index is 1230. The van der Waals surface area contributed by atoms with Gasteiger partial charge in [-0.2, -0.15) is 0 Å². The molecular weight excluding hydrogens is 460 g/mol. The van der Waals surface area contributed by atoms with Gasteiger partial charge in [0.2, 0.25) is 0 Å². The molecule has 0 unspecified atom stereocenters. The van der Waals surface area contributed by atoms with Crippen LogP contribution in [-0.2, 0) is 16.0 Å². The van der Waals surface area contributed by atoms with Crippen LogP contribution in [0, 0.1) is 0 Å². The van der Waals surface area contributed by atoms with Gasteiger partial charge < -0.3 is 19.9 Å². The largest absolute Gasteiger partial charge is 0.494 e. The van der Waals surface area contributed by atoms with Gasteiger partial charge in [-0.1, -0.05) is 65.8 Å². The Morgan fingerprint density at radius 1 is 1.00 bits per heavy atom. The Labute approximate surface area is 208 Å². The SMILES string of the molecule is [N-]=[N+]=NCCCOc1ccc(C[C@H](NC(=O)OCC2c3ccccc3-c3ccccc32)C(=O)O)cc1. The maximum absolute atomic E-state index is 12.5. The smallest absolute Gasteiger partial charge is 0.407 e. The average molecular weight is 487 g/mol. The van der Waals surface area contributed by atoms with Crippen LogP contribution in [0.15, 0.2) is 77.9 Å². The van der Waals surface area contributed by atoms with Crippen LogP contribution in [0.25, 0.3) is 21.6 Å². The Morgan fingerprint density at radius 3 is 2.25 bits per heavy atom. The summed E-state index contributed by atoms with van der Waals surface area (Å²) in [5.41, 5.74) is 13.4. The summed E-state index contributed by atoms with van der Waals surface area (Å²) < 4.78 is 11.1. The lowest BCUT2D eigenvalue weighted by Gasteiger charge is -2.17. The molecule has 0 fully saturated rings. The monoisotopic (exact) mass is 486 g/mol. The summed E-state index contributed by atoms with van der Waals surface area (Å²) in [6, 6.07) is 21.8. The molecule has 0 heterocycles. The molecule has 0 spiro atoms. The minimum atomic E-state index is -1.15. The molecule has 184 valence electrons. The van der Waals surface area contributed by atoms with E-state index in [1.54, 1.807) is 24.3 Å². The highest BCUT2D eigenvalue weighted by Crippen LogP contribution is 2.44. The van der Waals surface area contributed by atoms with Gasteiger partial charge in [0.15, 0.2) is 0 Å². The van der Waals surface area contributed by atoms with Gasteiger partial charge in [-0.15, -0.1) is 0 Å². The summed E-state index contributed by atoms with van der Waals surface area (Å²) in [5, 5.41) is 15.6. The fourth-order valence-corrected chi connectivity index (χ4v) is 4.31. The van der Waals surface area contributed by atoms with Crippen molar-refractivity contribution in [3.05, 3.63) is 99.9 Å². The summed E-state index contributed by atoms with van der Waals surface area (Å²) in [5.74, 6) is -0.636. The van der Waals surface area contributed by atoms with Crippen molar-refractivity contribution >= 4 is 12.1 Å². The number of hydrogen-bond donors (Lipinski definition) is 2. The lowest BCUT2D eigenvalue weighted by atomic mass is 9.98. The van der Waals surface area contributed by atoms with Crippen LogP contribution in [0.5, 0.6) is 5.75 Å². The molecule has 0 bridgehead atoms. The Balaban J connectivity index is 1.32. The topological polar surface area (TPSA) is 134 Å². The van der Waals surface area contributed by atoms with Gasteiger partial charge in [0.25, 0.3) is 0 Å². The summed E-state index contributed by atoms with van der Waals surface area (Å²) in [6.45, 7) is 0.869. The van der Waals surface area contributed by atoms with E-state index in [0.29, 0.717) is 25.3 Å². The Hall–Kier alpha value is -4.49. The number of carboxylic acid groups (broad SMARTS) is 1. The average Bonchev–Trinajstić information content (AvgIpc) is 3.21. The number of alkyl carbamates (subject to hydrolysis) is 1. The van der Waals surface area contributed by atoms with Crippen LogP contribution in [0.1, 0.15) is 29.0 Å². The molecule has 0 aromatic heterocycles. The second kappa shape index (κ2) is 11.8. The Morgan fingerprint density at radius 2 is 1.64 bits per heavy atom. The van der Waals surface area contributed by atoms with Gasteiger partial charge in [-0.3, -0.25) is 0 Å². The van der Waals surface area contributed by atoms with Crippen molar-refractivity contribution in [3.63, 3.8) is 0 Å². The number of nitrogens with one attached hydrogen (secondary N) is 1. The van der Waals surface area contributed by atoms with Gasteiger partial charge in [0, 0.05) is 23.8 Å². The molecule has 1 aliphatic rings. The molecule has 36 heavy (non-hydrogen) atoms. The molecule has 1 aliphatic carbocycles. The van der Waals surface area contributed by atoms with Crippen LogP contribution >= 0.6 is 0 Å². The van der Waals surface area contributed by atoms with Crippen molar-refractivity contribution in [1.29, 1.82) is 0 Å². The molecule has 9 nitrogen and oxygen atoms in total. The standard InChI is InChI=1S/C27H26N4O5/c28-31-29-14-5-15-35-19-12-10-18(11-13-19)16-25(26(32)33)30-27(34)36-17-24-22-8-3-1-6-20(22)21-7-2-4-9-23(21)24/h1-4,6-13,24-25H,5,14-17H2,(H,30,34)(H,32,33)/t25-/m0/s1. The molecule has 3 aromatic carbocycles. The highest BCUT2D eigenvalue weighted by molar-refractivity contribution is 5.81. The van der Waals surface area contributed by atoms with Crippen LogP contribution < -0.4 is 10.1 Å². The van der Waals surface area contributed by atoms with E-state index in [0.717, 1.165) is 27.8 Å². The summed E-state index contributed by atoms with van der Waals surface area (Å²) in [6.07, 6.45) is -0.0857. The molecule has 2 N–H and O–H groups in total. The summed E-state index contributed by atoms with van der Waals surface area (Å²) in [4.78, 5) is 27.0. The van der Waals surface area contributed by atoms with Crippen LogP contribution in [0.2, 0.25) is 0 Å². The van der Waals surface area contributed by atoms with Gasteiger partial charge in [0.1, 0.15) is 18.4 Å². The van der Waals surface area contributed by atoms with E-state index in [2.05, 4.69) is 15.3 Å². The van der Waals surface area contributed by atoms with E-state index in [-0.39, 0.29) is 18.9 Å². The third-order valence-electron chi connectivity index (χ3n) is 6.03. The first-order chi connectivity index (χ1) is 17.6. The number of amides is 1. The number of fused-ring (bicyclic) bond motifs is 3. The summed E-state index contributed by atoms with van der Waals surface area (Å²) in [7, 11) is 0. The molecule has 1 atom stereocenters. The van der Waals surface area contributed by atoms with Gasteiger partial charge in [-0.25, -0.2) is 9.59 Å². The second-order valence-corrected chi connectivity index (χ2v) is 8.37. The number of carbonyl (C=O) groups is 2. The fourth-order valence-electron chi connectivity index (χ4n) is 4.31. The number of ether oxygens (including phenoxy) is 2. The first-order valence-corrected chi connectivity index (χ1v) is 11.6. The predicted octanol–water partition coefficient (Wildman–Crippen LogP) is 5.30. The van der Waals surface area contributed by atoms with Gasteiger partial charge >= 0.3 is 12.1 Å². The van der Waals surface area contributed by atoms with Crippen molar-refractivity contribution in [3.8, 4) is 16.9 Å². The van der Waals surface area contributed by atoms with Crippen molar-refractivity contribution in [2.45, 2.75) is 24.8 Å². The first kappa shape index (κ1) is 24.6. The minimum absolute atomic E-state index is 0.0939. The number of carbonyl (C=O) groups excluding carboxylic acids is 1. The molecule has 3 aromatic rings. The quantitative estimate of drug-likeness (QED) is 0.164. The number of azide groups is 1. The lowest BCUT2D eigenvalue weighted by molar-refractivity contribution is -0.139. The van der Waals surface area contributed by atoms with Crippen molar-refractivity contribution in [2.75, 3.05) is 19.8 Å².